The first-order chi connectivity index (χ1) is 23.8. The minimum atomic E-state index is -1.08. The second-order valence-electron chi connectivity index (χ2n) is 16.2. The third kappa shape index (κ3) is 15.9. The maximum absolute atomic E-state index is 14.8. The molecule has 0 spiro atoms. The molecule has 0 heterocycles. The van der Waals surface area contributed by atoms with Gasteiger partial charge in [-0.1, -0.05) is 107 Å². The van der Waals surface area contributed by atoms with E-state index in [2.05, 4.69) is 17.6 Å². The Labute approximate surface area is 307 Å². The summed E-state index contributed by atoms with van der Waals surface area (Å²) in [6, 6.07) is 12.3. The number of ether oxygens (including phenoxy) is 2. The molecule has 0 aliphatic carbocycles. The van der Waals surface area contributed by atoms with E-state index in [4.69, 9.17) is 9.47 Å². The molecule has 0 aliphatic rings. The van der Waals surface area contributed by atoms with E-state index in [1.165, 1.54) is 0 Å². The van der Waals surface area contributed by atoms with Crippen LogP contribution in [-0.4, -0.2) is 58.6 Å². The molecule has 0 fully saturated rings. The summed E-state index contributed by atoms with van der Waals surface area (Å²) in [4.78, 5) is 58.0. The molecular formula is C42H65N3O6. The average Bonchev–Trinajstić information content (AvgIpc) is 3.01. The fourth-order valence-corrected chi connectivity index (χ4v) is 5.94. The number of hydrogen-bond acceptors (Lipinski definition) is 6. The van der Waals surface area contributed by atoms with Gasteiger partial charge in [0.05, 0.1) is 0 Å². The molecule has 2 aromatic rings. The SMILES string of the molecule is CCCCCCCCN(C(=O)C(CC(C)C)NC(=O)OC(C)(C)C)C(C(=O)NC(Cc1ccccc1)C(=O)OC(C)(C)C)c1cc(C)ccc1C. The van der Waals surface area contributed by atoms with Crippen LogP contribution in [0.4, 0.5) is 4.79 Å². The van der Waals surface area contributed by atoms with Gasteiger partial charge in [0.25, 0.3) is 0 Å². The van der Waals surface area contributed by atoms with Crippen molar-refractivity contribution in [1.29, 1.82) is 0 Å². The minimum Gasteiger partial charge on any atom is -0.458 e. The number of hydrogen-bond donors (Lipinski definition) is 2. The van der Waals surface area contributed by atoms with Gasteiger partial charge in [-0.2, -0.15) is 0 Å². The summed E-state index contributed by atoms with van der Waals surface area (Å²) >= 11 is 0. The van der Waals surface area contributed by atoms with Crippen LogP contribution >= 0.6 is 0 Å². The van der Waals surface area contributed by atoms with Crippen LogP contribution in [0.15, 0.2) is 48.5 Å². The third-order valence-corrected chi connectivity index (χ3v) is 8.31. The zero-order chi connectivity index (χ0) is 38.4. The number of rotatable bonds is 18. The summed E-state index contributed by atoms with van der Waals surface area (Å²) in [7, 11) is 0. The van der Waals surface area contributed by atoms with E-state index in [0.29, 0.717) is 18.4 Å². The van der Waals surface area contributed by atoms with E-state index >= 15 is 0 Å². The number of esters is 1. The number of aryl methyl sites for hydroxylation is 2. The normalized spacial score (nSPS) is 13.6. The van der Waals surface area contributed by atoms with Gasteiger partial charge in [-0.3, -0.25) is 9.59 Å². The first-order valence-corrected chi connectivity index (χ1v) is 18.8. The Morgan fingerprint density at radius 3 is 1.96 bits per heavy atom. The lowest BCUT2D eigenvalue weighted by atomic mass is 9.94. The molecule has 3 atom stereocenters. The molecule has 51 heavy (non-hydrogen) atoms. The van der Waals surface area contributed by atoms with Crippen LogP contribution < -0.4 is 10.6 Å². The predicted octanol–water partition coefficient (Wildman–Crippen LogP) is 8.54. The summed E-state index contributed by atoms with van der Waals surface area (Å²) in [5, 5.41) is 5.85. The Bertz CT molecular complexity index is 1410. The molecule has 0 aromatic heterocycles. The van der Waals surface area contributed by atoms with E-state index in [-0.39, 0.29) is 24.8 Å². The Hall–Kier alpha value is -3.88. The van der Waals surface area contributed by atoms with E-state index < -0.39 is 47.3 Å². The number of unbranched alkanes of at least 4 members (excludes halogenated alkanes) is 5. The lowest BCUT2D eigenvalue weighted by Gasteiger charge is -2.36. The van der Waals surface area contributed by atoms with Crippen LogP contribution in [0.2, 0.25) is 0 Å². The minimum absolute atomic E-state index is 0.0557. The number of alkyl carbamates (subject to hydrolysis) is 1. The van der Waals surface area contributed by atoms with Crippen molar-refractivity contribution >= 4 is 23.9 Å². The van der Waals surface area contributed by atoms with Gasteiger partial charge < -0.3 is 25.0 Å². The first-order valence-electron chi connectivity index (χ1n) is 18.8. The maximum Gasteiger partial charge on any atom is 0.408 e. The van der Waals surface area contributed by atoms with Crippen molar-refractivity contribution in [3.05, 3.63) is 70.8 Å². The average molecular weight is 708 g/mol. The number of nitrogens with zero attached hydrogens (tertiary/aromatic N) is 1. The van der Waals surface area contributed by atoms with Crippen molar-refractivity contribution in [1.82, 2.24) is 15.5 Å². The molecule has 2 N–H and O–H groups in total. The molecule has 0 radical (unpaired) electrons. The van der Waals surface area contributed by atoms with Crippen LogP contribution in [0.5, 0.6) is 0 Å². The summed E-state index contributed by atoms with van der Waals surface area (Å²) < 4.78 is 11.4. The smallest absolute Gasteiger partial charge is 0.408 e. The van der Waals surface area contributed by atoms with Crippen LogP contribution in [0.3, 0.4) is 0 Å². The quantitative estimate of drug-likeness (QED) is 0.119. The molecule has 3 unspecified atom stereocenters. The number of carbonyl (C=O) groups is 4. The zero-order valence-corrected chi connectivity index (χ0v) is 33.2. The molecule has 0 aliphatic heterocycles. The van der Waals surface area contributed by atoms with Crippen LogP contribution in [0, 0.1) is 19.8 Å². The monoisotopic (exact) mass is 707 g/mol. The first kappa shape index (κ1) is 43.3. The van der Waals surface area contributed by atoms with Gasteiger partial charge in [0.15, 0.2) is 0 Å². The molecule has 0 bridgehead atoms. The summed E-state index contributed by atoms with van der Waals surface area (Å²) in [6.45, 7) is 21.0. The topological polar surface area (TPSA) is 114 Å². The van der Waals surface area contributed by atoms with Crippen molar-refractivity contribution in [2.75, 3.05) is 6.54 Å². The van der Waals surface area contributed by atoms with E-state index in [1.54, 1.807) is 46.4 Å². The summed E-state index contributed by atoms with van der Waals surface area (Å²) in [6.07, 6.45) is 5.79. The van der Waals surface area contributed by atoms with Gasteiger partial charge >= 0.3 is 12.1 Å². The second kappa shape index (κ2) is 20.2. The fourth-order valence-electron chi connectivity index (χ4n) is 5.94. The van der Waals surface area contributed by atoms with E-state index in [1.807, 2.05) is 76.2 Å². The molecule has 284 valence electrons. The van der Waals surface area contributed by atoms with Crippen molar-refractivity contribution in [2.45, 2.75) is 157 Å². The Kier molecular flexibility index (Phi) is 17.2. The van der Waals surface area contributed by atoms with Gasteiger partial charge in [-0.05, 0) is 90.8 Å². The highest BCUT2D eigenvalue weighted by atomic mass is 16.6. The van der Waals surface area contributed by atoms with Gasteiger partial charge in [-0.15, -0.1) is 0 Å². The molecule has 2 aromatic carbocycles. The number of benzene rings is 2. The predicted molar refractivity (Wildman–Crippen MR) is 204 cm³/mol. The van der Waals surface area contributed by atoms with Crippen molar-refractivity contribution in [3.63, 3.8) is 0 Å². The third-order valence-electron chi connectivity index (χ3n) is 8.31. The fraction of sp³-hybridized carbons (Fsp3) is 0.619. The molecule has 0 saturated carbocycles. The summed E-state index contributed by atoms with van der Waals surface area (Å²) in [5.41, 5.74) is 1.74. The lowest BCUT2D eigenvalue weighted by molar-refractivity contribution is -0.159. The van der Waals surface area contributed by atoms with Crippen molar-refractivity contribution in [3.8, 4) is 0 Å². The summed E-state index contributed by atoms with van der Waals surface area (Å²) in [5.74, 6) is -1.37. The number of carbonyl (C=O) groups excluding carboxylic acids is 4. The molecule has 9 heteroatoms. The van der Waals surface area contributed by atoms with Gasteiger partial charge in [0.1, 0.15) is 29.3 Å². The van der Waals surface area contributed by atoms with Crippen molar-refractivity contribution < 1.29 is 28.7 Å². The number of nitrogens with one attached hydrogen (secondary N) is 2. The van der Waals surface area contributed by atoms with Gasteiger partial charge in [-0.25, -0.2) is 9.59 Å². The van der Waals surface area contributed by atoms with Gasteiger partial charge in [0, 0.05) is 13.0 Å². The van der Waals surface area contributed by atoms with E-state index in [0.717, 1.165) is 48.8 Å². The van der Waals surface area contributed by atoms with Gasteiger partial charge in [0.2, 0.25) is 11.8 Å². The molecule has 3 amide bonds. The second-order valence-corrected chi connectivity index (χ2v) is 16.2. The highest BCUT2D eigenvalue weighted by Gasteiger charge is 2.39. The number of amides is 3. The molecule has 9 nitrogen and oxygen atoms in total. The van der Waals surface area contributed by atoms with Crippen LogP contribution in [0.1, 0.15) is 136 Å². The Balaban J connectivity index is 2.68. The lowest BCUT2D eigenvalue weighted by Crippen LogP contribution is -2.55. The van der Waals surface area contributed by atoms with Crippen LogP contribution in [-0.2, 0) is 30.3 Å². The van der Waals surface area contributed by atoms with Crippen molar-refractivity contribution in [2.24, 2.45) is 5.92 Å². The molecular weight excluding hydrogens is 642 g/mol. The maximum atomic E-state index is 14.8. The molecule has 2 rings (SSSR count). The largest absolute Gasteiger partial charge is 0.458 e. The highest BCUT2D eigenvalue weighted by Crippen LogP contribution is 2.29. The Morgan fingerprint density at radius 1 is 0.765 bits per heavy atom. The Morgan fingerprint density at radius 2 is 1.37 bits per heavy atom. The standard InChI is InChI=1S/C42H65N3O6/c1-12-13-14-15-16-20-25-45(38(47)34(26-29(2)3)44-40(49)51-42(9,10)11)36(33-27-30(4)23-24-31(33)5)37(46)43-35(39(48)50-41(6,7)8)28-32-21-18-17-19-22-32/h17-19,21-24,27,29,34-36H,12-16,20,25-26,28H2,1-11H3,(H,43,46)(H,44,49). The van der Waals surface area contributed by atoms with E-state index in [9.17, 15) is 19.2 Å². The highest BCUT2D eigenvalue weighted by molar-refractivity contribution is 5.94. The van der Waals surface area contributed by atoms with Crippen LogP contribution in [0.25, 0.3) is 0 Å². The molecule has 0 saturated heterocycles. The zero-order valence-electron chi connectivity index (χ0n) is 33.2.